The maximum absolute atomic E-state index is 5.79. The first-order valence-corrected chi connectivity index (χ1v) is 8.04. The maximum Gasteiger partial charge on any atom is 0.0534 e. The Morgan fingerprint density at radius 1 is 1.28 bits per heavy atom. The summed E-state index contributed by atoms with van der Waals surface area (Å²) in [5.74, 6) is 0.894. The third-order valence-corrected chi connectivity index (χ3v) is 4.42. The summed E-state index contributed by atoms with van der Waals surface area (Å²) in [6, 6.07) is 0. The van der Waals surface area contributed by atoms with E-state index in [9.17, 15) is 0 Å². The Balaban J connectivity index is 2.52. The molecule has 1 fully saturated rings. The molecule has 1 rings (SSSR count). The van der Waals surface area contributed by atoms with Crippen molar-refractivity contribution >= 4 is 0 Å². The average Bonchev–Trinajstić information content (AvgIpc) is 2.42. The topological polar surface area (TPSA) is 21.3 Å². The molecule has 18 heavy (non-hydrogen) atoms. The Bertz CT molecular complexity index is 199. The first kappa shape index (κ1) is 16.0. The van der Waals surface area contributed by atoms with Crippen LogP contribution >= 0.6 is 0 Å². The van der Waals surface area contributed by atoms with E-state index in [-0.39, 0.29) is 0 Å². The lowest BCUT2D eigenvalue weighted by atomic mass is 9.73. The van der Waals surface area contributed by atoms with Crippen LogP contribution in [0, 0.1) is 11.3 Å². The van der Waals surface area contributed by atoms with E-state index in [1.165, 1.54) is 44.9 Å². The van der Waals surface area contributed by atoms with Gasteiger partial charge in [0.05, 0.1) is 6.61 Å². The third kappa shape index (κ3) is 5.27. The highest BCUT2D eigenvalue weighted by molar-refractivity contribution is 4.86. The molecule has 1 aliphatic rings. The van der Waals surface area contributed by atoms with Gasteiger partial charge in [-0.3, -0.25) is 0 Å². The maximum atomic E-state index is 5.79. The van der Waals surface area contributed by atoms with Crippen molar-refractivity contribution < 1.29 is 4.74 Å². The van der Waals surface area contributed by atoms with E-state index in [4.69, 9.17) is 4.74 Å². The number of hydrogen-bond acceptors (Lipinski definition) is 2. The second kappa shape index (κ2) is 8.92. The van der Waals surface area contributed by atoms with Gasteiger partial charge in [-0.05, 0) is 31.7 Å². The fraction of sp³-hybridized carbons (Fsp3) is 1.00. The Hall–Kier alpha value is -0.0800. The van der Waals surface area contributed by atoms with Gasteiger partial charge in [0.25, 0.3) is 0 Å². The molecule has 1 N–H and O–H groups in total. The monoisotopic (exact) mass is 255 g/mol. The molecule has 0 aromatic carbocycles. The summed E-state index contributed by atoms with van der Waals surface area (Å²) in [5, 5.41) is 3.56. The van der Waals surface area contributed by atoms with Gasteiger partial charge in [-0.25, -0.2) is 0 Å². The quantitative estimate of drug-likeness (QED) is 0.672. The van der Waals surface area contributed by atoms with Crippen molar-refractivity contribution in [3.8, 4) is 0 Å². The van der Waals surface area contributed by atoms with E-state index in [1.54, 1.807) is 0 Å². The zero-order chi connectivity index (χ0) is 13.3. The Morgan fingerprint density at radius 3 is 2.67 bits per heavy atom. The fourth-order valence-electron chi connectivity index (χ4n) is 3.23. The van der Waals surface area contributed by atoms with Gasteiger partial charge in [0.1, 0.15) is 0 Å². The SMILES string of the molecule is CCCCC(CC)CC1(CNCC)CCCOC1. The van der Waals surface area contributed by atoms with Crippen molar-refractivity contribution in [2.45, 2.75) is 65.7 Å². The standard InChI is InChI=1S/C16H33NO/c1-4-7-9-15(5-2)12-16(13-17-6-3)10-8-11-18-14-16/h15,17H,4-14H2,1-3H3. The van der Waals surface area contributed by atoms with Crippen LogP contribution in [-0.2, 0) is 4.74 Å². The fourth-order valence-corrected chi connectivity index (χ4v) is 3.23. The zero-order valence-corrected chi connectivity index (χ0v) is 12.8. The van der Waals surface area contributed by atoms with E-state index >= 15 is 0 Å². The zero-order valence-electron chi connectivity index (χ0n) is 12.8. The second-order valence-corrected chi connectivity index (χ2v) is 6.06. The molecule has 0 spiro atoms. The highest BCUT2D eigenvalue weighted by atomic mass is 16.5. The summed E-state index contributed by atoms with van der Waals surface area (Å²) < 4.78 is 5.79. The number of nitrogens with one attached hydrogen (secondary N) is 1. The molecule has 1 heterocycles. The summed E-state index contributed by atoms with van der Waals surface area (Å²) in [5.41, 5.74) is 0.419. The molecular formula is C16H33NO. The Labute approximate surface area is 114 Å². The largest absolute Gasteiger partial charge is 0.381 e. The molecule has 108 valence electrons. The predicted octanol–water partition coefficient (Wildman–Crippen LogP) is 4.00. The third-order valence-electron chi connectivity index (χ3n) is 4.42. The molecule has 0 radical (unpaired) electrons. The second-order valence-electron chi connectivity index (χ2n) is 6.06. The number of ether oxygens (including phenoxy) is 1. The van der Waals surface area contributed by atoms with Crippen molar-refractivity contribution in [3.05, 3.63) is 0 Å². The van der Waals surface area contributed by atoms with Gasteiger partial charge in [-0.2, -0.15) is 0 Å². The highest BCUT2D eigenvalue weighted by Crippen LogP contribution is 2.37. The lowest BCUT2D eigenvalue weighted by molar-refractivity contribution is -0.0214. The van der Waals surface area contributed by atoms with E-state index in [1.807, 2.05) is 0 Å². The van der Waals surface area contributed by atoms with Crippen LogP contribution in [0.5, 0.6) is 0 Å². The lowest BCUT2D eigenvalue weighted by Gasteiger charge is -2.40. The Kier molecular flexibility index (Phi) is 7.92. The summed E-state index contributed by atoms with van der Waals surface area (Å²) in [4.78, 5) is 0. The molecule has 1 saturated heterocycles. The van der Waals surface area contributed by atoms with Crippen LogP contribution in [0.1, 0.15) is 65.7 Å². The normalized spacial score (nSPS) is 26.2. The lowest BCUT2D eigenvalue weighted by Crippen LogP contribution is -2.42. The molecule has 2 nitrogen and oxygen atoms in total. The van der Waals surface area contributed by atoms with Crippen LogP contribution in [0.4, 0.5) is 0 Å². The average molecular weight is 255 g/mol. The van der Waals surface area contributed by atoms with Crippen molar-refractivity contribution in [3.63, 3.8) is 0 Å². The van der Waals surface area contributed by atoms with Crippen molar-refractivity contribution in [1.82, 2.24) is 5.32 Å². The van der Waals surface area contributed by atoms with E-state index in [2.05, 4.69) is 26.1 Å². The smallest absolute Gasteiger partial charge is 0.0534 e. The molecule has 2 unspecified atom stereocenters. The summed E-state index contributed by atoms with van der Waals surface area (Å²) in [7, 11) is 0. The summed E-state index contributed by atoms with van der Waals surface area (Å²) in [6.07, 6.45) is 9.40. The summed E-state index contributed by atoms with van der Waals surface area (Å²) >= 11 is 0. The number of unbranched alkanes of at least 4 members (excludes halogenated alkanes) is 1. The van der Waals surface area contributed by atoms with Crippen LogP contribution in [0.2, 0.25) is 0 Å². The van der Waals surface area contributed by atoms with Crippen LogP contribution < -0.4 is 5.32 Å². The van der Waals surface area contributed by atoms with Gasteiger partial charge < -0.3 is 10.1 Å². The molecule has 1 aliphatic heterocycles. The minimum Gasteiger partial charge on any atom is -0.381 e. The molecule has 0 amide bonds. The molecule has 0 saturated carbocycles. The van der Waals surface area contributed by atoms with Crippen LogP contribution in [0.25, 0.3) is 0 Å². The van der Waals surface area contributed by atoms with Gasteiger partial charge in [0.2, 0.25) is 0 Å². The van der Waals surface area contributed by atoms with Crippen LogP contribution in [0.3, 0.4) is 0 Å². The number of hydrogen-bond donors (Lipinski definition) is 1. The molecule has 2 atom stereocenters. The van der Waals surface area contributed by atoms with Gasteiger partial charge in [-0.1, -0.05) is 46.5 Å². The predicted molar refractivity (Wildman–Crippen MR) is 79.0 cm³/mol. The van der Waals surface area contributed by atoms with Crippen molar-refractivity contribution in [1.29, 1.82) is 0 Å². The van der Waals surface area contributed by atoms with Gasteiger partial charge in [0.15, 0.2) is 0 Å². The van der Waals surface area contributed by atoms with Crippen LogP contribution in [0.15, 0.2) is 0 Å². The number of rotatable bonds is 9. The molecule has 0 aromatic rings. The first-order chi connectivity index (χ1) is 8.76. The van der Waals surface area contributed by atoms with E-state index in [0.717, 1.165) is 32.2 Å². The van der Waals surface area contributed by atoms with Gasteiger partial charge in [-0.15, -0.1) is 0 Å². The van der Waals surface area contributed by atoms with Gasteiger partial charge >= 0.3 is 0 Å². The van der Waals surface area contributed by atoms with Crippen molar-refractivity contribution in [2.24, 2.45) is 11.3 Å². The van der Waals surface area contributed by atoms with Gasteiger partial charge in [0, 0.05) is 18.6 Å². The van der Waals surface area contributed by atoms with Crippen molar-refractivity contribution in [2.75, 3.05) is 26.3 Å². The molecular weight excluding hydrogens is 222 g/mol. The van der Waals surface area contributed by atoms with E-state index in [0.29, 0.717) is 5.41 Å². The molecule has 2 heteroatoms. The molecule has 0 bridgehead atoms. The minimum atomic E-state index is 0.419. The van der Waals surface area contributed by atoms with E-state index < -0.39 is 0 Å². The highest BCUT2D eigenvalue weighted by Gasteiger charge is 2.34. The summed E-state index contributed by atoms with van der Waals surface area (Å²) in [6.45, 7) is 11.0. The molecule has 0 aromatic heterocycles. The minimum absolute atomic E-state index is 0.419. The molecule has 0 aliphatic carbocycles. The first-order valence-electron chi connectivity index (χ1n) is 8.04. The van der Waals surface area contributed by atoms with Crippen LogP contribution in [-0.4, -0.2) is 26.3 Å². The Morgan fingerprint density at radius 2 is 2.11 bits per heavy atom.